The van der Waals surface area contributed by atoms with Gasteiger partial charge in [0.25, 0.3) is 0 Å². The Labute approximate surface area is 158 Å². The predicted octanol–water partition coefficient (Wildman–Crippen LogP) is 4.99. The van der Waals surface area contributed by atoms with Crippen molar-refractivity contribution in [3.8, 4) is 28.4 Å². The molecule has 3 aromatic carbocycles. The number of ether oxygens (including phenoxy) is 1. The first kappa shape index (κ1) is 17.4. The number of aromatic hydroxyl groups is 2. The van der Waals surface area contributed by atoms with Crippen molar-refractivity contribution in [2.24, 2.45) is 4.99 Å². The molecule has 0 aliphatic carbocycles. The summed E-state index contributed by atoms with van der Waals surface area (Å²) in [5.74, 6) is 0.903. The van der Waals surface area contributed by atoms with Gasteiger partial charge < -0.3 is 14.9 Å². The Morgan fingerprint density at radius 3 is 2.56 bits per heavy atom. The Hall–Kier alpha value is -3.01. The largest absolute Gasteiger partial charge is 0.507 e. The number of hydrogen-bond acceptors (Lipinski definition) is 4. The fourth-order valence-corrected chi connectivity index (χ4v) is 4.22. The zero-order valence-corrected chi connectivity index (χ0v) is 16.0. The summed E-state index contributed by atoms with van der Waals surface area (Å²) < 4.78 is 5.45. The van der Waals surface area contributed by atoms with E-state index in [9.17, 15) is 10.2 Å². The van der Waals surface area contributed by atoms with Gasteiger partial charge in [0.2, 0.25) is 0 Å². The lowest BCUT2D eigenvalue weighted by molar-refractivity contribution is 0.416. The van der Waals surface area contributed by atoms with E-state index in [1.165, 1.54) is 0 Å². The molecule has 4 heteroatoms. The molecule has 1 aliphatic heterocycles. The van der Waals surface area contributed by atoms with Gasteiger partial charge in [-0.1, -0.05) is 30.3 Å². The first-order valence-corrected chi connectivity index (χ1v) is 9.11. The fraction of sp³-hybridized carbons (Fsp3) is 0.261. The van der Waals surface area contributed by atoms with E-state index >= 15 is 0 Å². The lowest BCUT2D eigenvalue weighted by Crippen LogP contribution is -2.17. The second kappa shape index (κ2) is 6.31. The molecule has 0 aromatic heterocycles. The van der Waals surface area contributed by atoms with E-state index in [1.54, 1.807) is 7.11 Å². The Morgan fingerprint density at radius 1 is 1.04 bits per heavy atom. The normalized spacial score (nSPS) is 16.1. The molecule has 0 saturated heterocycles. The van der Waals surface area contributed by atoms with Crippen LogP contribution in [-0.2, 0) is 6.42 Å². The van der Waals surface area contributed by atoms with E-state index in [0.717, 1.165) is 34.2 Å². The Balaban J connectivity index is 2.02. The molecule has 0 bridgehead atoms. The molecule has 0 unspecified atom stereocenters. The van der Waals surface area contributed by atoms with Crippen LogP contribution in [-0.4, -0.2) is 29.1 Å². The van der Waals surface area contributed by atoms with Gasteiger partial charge in [0.15, 0.2) is 0 Å². The third kappa shape index (κ3) is 2.64. The topological polar surface area (TPSA) is 62.0 Å². The molecule has 0 radical (unpaired) electrons. The highest BCUT2D eigenvalue weighted by molar-refractivity contribution is 6.07. The molecule has 0 fully saturated rings. The molecule has 1 heterocycles. The van der Waals surface area contributed by atoms with E-state index in [4.69, 9.17) is 4.74 Å². The highest BCUT2D eigenvalue weighted by Crippen LogP contribution is 2.46. The van der Waals surface area contributed by atoms with Gasteiger partial charge in [-0.05, 0) is 49.8 Å². The zero-order chi connectivity index (χ0) is 19.3. The number of phenolic OH excluding ortho intramolecular Hbond substituents is 2. The Kier molecular flexibility index (Phi) is 4.06. The SMILES string of the molecule is COc1cccc2cc(C)c(-c3ccc4c(c3O)C(C)=N[C@H](C)C4)c(O)c12. The summed E-state index contributed by atoms with van der Waals surface area (Å²) in [5.41, 5.74) is 4.83. The summed E-state index contributed by atoms with van der Waals surface area (Å²) in [7, 11) is 1.59. The molecule has 0 spiro atoms. The van der Waals surface area contributed by atoms with Crippen molar-refractivity contribution in [2.75, 3.05) is 7.11 Å². The zero-order valence-electron chi connectivity index (χ0n) is 16.0. The van der Waals surface area contributed by atoms with E-state index in [1.807, 2.05) is 50.2 Å². The average Bonchev–Trinajstić information content (AvgIpc) is 2.62. The second-order valence-electron chi connectivity index (χ2n) is 7.24. The number of rotatable bonds is 2. The Bertz CT molecular complexity index is 1100. The first-order chi connectivity index (χ1) is 12.9. The lowest BCUT2D eigenvalue weighted by atomic mass is 9.87. The number of hydrogen-bond donors (Lipinski definition) is 2. The molecule has 4 rings (SSSR count). The number of phenols is 2. The van der Waals surface area contributed by atoms with Crippen molar-refractivity contribution in [1.29, 1.82) is 0 Å². The van der Waals surface area contributed by atoms with E-state index in [0.29, 0.717) is 22.3 Å². The molecule has 0 saturated carbocycles. The summed E-state index contributed by atoms with van der Waals surface area (Å²) in [6, 6.07) is 11.8. The molecule has 1 aliphatic rings. The smallest absolute Gasteiger partial charge is 0.135 e. The van der Waals surface area contributed by atoms with Crippen LogP contribution in [0.4, 0.5) is 0 Å². The van der Waals surface area contributed by atoms with Gasteiger partial charge in [0.1, 0.15) is 17.2 Å². The maximum Gasteiger partial charge on any atom is 0.135 e. The molecule has 4 nitrogen and oxygen atoms in total. The summed E-state index contributed by atoms with van der Waals surface area (Å²) in [6.07, 6.45) is 0.803. The second-order valence-corrected chi connectivity index (χ2v) is 7.24. The quantitative estimate of drug-likeness (QED) is 0.676. The van der Waals surface area contributed by atoms with Crippen LogP contribution in [0.1, 0.15) is 30.5 Å². The molecular formula is C23H23NO3. The van der Waals surface area contributed by atoms with Crippen LogP contribution < -0.4 is 4.74 Å². The minimum Gasteiger partial charge on any atom is -0.507 e. The van der Waals surface area contributed by atoms with Crippen molar-refractivity contribution in [3.05, 3.63) is 53.1 Å². The third-order valence-corrected chi connectivity index (χ3v) is 5.34. The van der Waals surface area contributed by atoms with E-state index in [2.05, 4.69) is 11.9 Å². The van der Waals surface area contributed by atoms with Crippen LogP contribution in [0.2, 0.25) is 0 Å². The van der Waals surface area contributed by atoms with Gasteiger partial charge in [-0.25, -0.2) is 0 Å². The summed E-state index contributed by atoms with van der Waals surface area (Å²) in [5, 5.41) is 23.7. The number of methoxy groups -OCH3 is 1. The lowest BCUT2D eigenvalue weighted by Gasteiger charge is -2.23. The molecule has 1 atom stereocenters. The number of nitrogens with zero attached hydrogens (tertiary/aromatic N) is 1. The van der Waals surface area contributed by atoms with Crippen molar-refractivity contribution in [2.45, 2.75) is 33.2 Å². The third-order valence-electron chi connectivity index (χ3n) is 5.34. The average molecular weight is 361 g/mol. The number of benzene rings is 3. The molecule has 138 valence electrons. The predicted molar refractivity (Wildman–Crippen MR) is 109 cm³/mol. The van der Waals surface area contributed by atoms with Gasteiger partial charge in [-0.2, -0.15) is 0 Å². The van der Waals surface area contributed by atoms with Gasteiger partial charge in [-0.15, -0.1) is 0 Å². The van der Waals surface area contributed by atoms with Gasteiger partial charge >= 0.3 is 0 Å². The maximum absolute atomic E-state index is 11.1. The van der Waals surface area contributed by atoms with Crippen LogP contribution in [0, 0.1) is 6.92 Å². The fourth-order valence-electron chi connectivity index (χ4n) is 4.22. The summed E-state index contributed by atoms with van der Waals surface area (Å²) >= 11 is 0. The van der Waals surface area contributed by atoms with Crippen LogP contribution in [0.25, 0.3) is 21.9 Å². The monoisotopic (exact) mass is 361 g/mol. The maximum atomic E-state index is 11.1. The van der Waals surface area contributed by atoms with E-state index < -0.39 is 0 Å². The molecule has 2 N–H and O–H groups in total. The number of aryl methyl sites for hydroxylation is 1. The van der Waals surface area contributed by atoms with Crippen molar-refractivity contribution in [1.82, 2.24) is 0 Å². The van der Waals surface area contributed by atoms with Crippen LogP contribution >= 0.6 is 0 Å². The standard InChI is InChI=1S/C23H23NO3/c1-12-10-15-6-5-7-18(27-4)21(15)23(26)19(12)17-9-8-16-11-13(2)24-14(3)20(16)22(17)25/h5-10,13,25-26H,11H2,1-4H3/t13-/m1/s1. The molecular weight excluding hydrogens is 338 g/mol. The summed E-state index contributed by atoms with van der Waals surface area (Å²) in [6.45, 7) is 5.94. The minimum atomic E-state index is 0.122. The van der Waals surface area contributed by atoms with E-state index in [-0.39, 0.29) is 17.5 Å². The molecule has 27 heavy (non-hydrogen) atoms. The number of aliphatic imine (C=N–C) groups is 1. The molecule has 0 amide bonds. The molecule has 3 aromatic rings. The highest BCUT2D eigenvalue weighted by atomic mass is 16.5. The van der Waals surface area contributed by atoms with Gasteiger partial charge in [0.05, 0.1) is 18.5 Å². The van der Waals surface area contributed by atoms with Gasteiger partial charge in [0, 0.05) is 22.4 Å². The highest BCUT2D eigenvalue weighted by Gasteiger charge is 2.24. The summed E-state index contributed by atoms with van der Waals surface area (Å²) in [4.78, 5) is 4.62. The van der Waals surface area contributed by atoms with Crippen LogP contribution in [0.3, 0.4) is 0 Å². The van der Waals surface area contributed by atoms with Crippen molar-refractivity contribution < 1.29 is 14.9 Å². The van der Waals surface area contributed by atoms with Gasteiger partial charge in [-0.3, -0.25) is 4.99 Å². The van der Waals surface area contributed by atoms with Crippen LogP contribution in [0.15, 0.2) is 41.4 Å². The Morgan fingerprint density at radius 2 is 1.81 bits per heavy atom. The minimum absolute atomic E-state index is 0.122. The van der Waals surface area contributed by atoms with Crippen molar-refractivity contribution >= 4 is 16.5 Å². The number of fused-ring (bicyclic) bond motifs is 2. The first-order valence-electron chi connectivity index (χ1n) is 9.11. The van der Waals surface area contributed by atoms with Crippen molar-refractivity contribution in [3.63, 3.8) is 0 Å². The van der Waals surface area contributed by atoms with Crippen LogP contribution in [0.5, 0.6) is 17.2 Å².